The van der Waals surface area contributed by atoms with Gasteiger partial charge in [0.05, 0.1) is 12.8 Å². The zero-order chi connectivity index (χ0) is 20.5. The molecule has 2 N–H and O–H groups in total. The van der Waals surface area contributed by atoms with Gasteiger partial charge in [-0.25, -0.2) is 13.2 Å². The van der Waals surface area contributed by atoms with Gasteiger partial charge < -0.3 is 5.32 Å². The summed E-state index contributed by atoms with van der Waals surface area (Å²) < 4.78 is 24.8. The second-order valence-corrected chi connectivity index (χ2v) is 8.44. The molecule has 0 bridgehead atoms. The van der Waals surface area contributed by atoms with Crippen molar-refractivity contribution in [3.05, 3.63) is 65.7 Å². The number of ketones is 1. The molecule has 2 aromatic carbocycles. The molecule has 1 aliphatic rings. The van der Waals surface area contributed by atoms with Crippen molar-refractivity contribution >= 4 is 33.4 Å². The van der Waals surface area contributed by atoms with Gasteiger partial charge in [0, 0.05) is 11.3 Å². The van der Waals surface area contributed by atoms with E-state index in [1.54, 1.807) is 37.3 Å². The first-order valence-corrected chi connectivity index (χ1v) is 10.3. The minimum atomic E-state index is -3.42. The molecule has 28 heavy (non-hydrogen) atoms. The lowest BCUT2D eigenvalue weighted by Gasteiger charge is -2.22. The Morgan fingerprint density at radius 1 is 1.07 bits per heavy atom. The number of hydrogen-bond acceptors (Lipinski definition) is 5. The number of carbonyl (C=O) groups is 3. The minimum Gasteiger partial charge on any atom is -0.319 e. The molecule has 9 heteroatoms. The summed E-state index contributed by atoms with van der Waals surface area (Å²) in [4.78, 5) is 38.6. The Bertz CT molecular complexity index is 1030. The summed E-state index contributed by atoms with van der Waals surface area (Å²) in [6, 6.07) is 13.9. The predicted molar refractivity (Wildman–Crippen MR) is 103 cm³/mol. The van der Waals surface area contributed by atoms with Gasteiger partial charge in [0.15, 0.2) is 5.78 Å². The number of nitrogens with zero attached hydrogens (tertiary/aromatic N) is 1. The summed E-state index contributed by atoms with van der Waals surface area (Å²) in [5, 5.41) is 2.65. The second-order valence-electron chi connectivity index (χ2n) is 6.69. The number of carbonyl (C=O) groups excluding carboxylic acids is 3. The average Bonchev–Trinajstić information content (AvgIpc) is 2.86. The van der Waals surface area contributed by atoms with Crippen LogP contribution in [0.25, 0.3) is 0 Å². The van der Waals surface area contributed by atoms with Crippen LogP contribution in [0.2, 0.25) is 0 Å². The Morgan fingerprint density at radius 2 is 1.68 bits per heavy atom. The first-order chi connectivity index (χ1) is 13.1. The molecule has 1 saturated heterocycles. The summed E-state index contributed by atoms with van der Waals surface area (Å²) >= 11 is 0. The highest BCUT2D eigenvalue weighted by atomic mass is 32.2. The lowest BCUT2D eigenvalue weighted by atomic mass is 9.92. The van der Waals surface area contributed by atoms with Crippen LogP contribution < -0.4 is 10.0 Å². The molecule has 1 aliphatic heterocycles. The van der Waals surface area contributed by atoms with Crippen molar-refractivity contribution < 1.29 is 22.8 Å². The number of anilines is 1. The minimum absolute atomic E-state index is 0.257. The van der Waals surface area contributed by atoms with Crippen LogP contribution in [0.5, 0.6) is 0 Å². The Morgan fingerprint density at radius 3 is 2.25 bits per heavy atom. The maximum absolute atomic E-state index is 12.8. The SMILES string of the molecule is C[C@]1(c2ccccc2)NC(=O)N(CC(=O)c2ccc(NS(C)(=O)=O)cc2)C1=O. The van der Waals surface area contributed by atoms with Crippen molar-refractivity contribution in [2.75, 3.05) is 17.5 Å². The van der Waals surface area contributed by atoms with Gasteiger partial charge in [-0.15, -0.1) is 0 Å². The molecule has 0 spiro atoms. The van der Waals surface area contributed by atoms with E-state index in [9.17, 15) is 22.8 Å². The van der Waals surface area contributed by atoms with Gasteiger partial charge in [0.25, 0.3) is 5.91 Å². The largest absolute Gasteiger partial charge is 0.325 e. The lowest BCUT2D eigenvalue weighted by Crippen LogP contribution is -2.41. The van der Waals surface area contributed by atoms with Crippen molar-refractivity contribution in [1.82, 2.24) is 10.2 Å². The number of nitrogens with one attached hydrogen (secondary N) is 2. The highest BCUT2D eigenvalue weighted by Crippen LogP contribution is 2.28. The number of amides is 3. The zero-order valence-corrected chi connectivity index (χ0v) is 16.1. The van der Waals surface area contributed by atoms with Gasteiger partial charge in [-0.1, -0.05) is 30.3 Å². The van der Waals surface area contributed by atoms with Crippen molar-refractivity contribution in [2.24, 2.45) is 0 Å². The maximum atomic E-state index is 12.8. The average molecular weight is 401 g/mol. The number of imide groups is 1. The van der Waals surface area contributed by atoms with Crippen molar-refractivity contribution in [3.8, 4) is 0 Å². The van der Waals surface area contributed by atoms with E-state index in [-0.39, 0.29) is 5.56 Å². The van der Waals surface area contributed by atoms with Gasteiger partial charge in [0.2, 0.25) is 10.0 Å². The van der Waals surface area contributed by atoms with Gasteiger partial charge in [-0.05, 0) is 36.8 Å². The fraction of sp³-hybridized carbons (Fsp3) is 0.211. The molecule has 1 atom stereocenters. The Kier molecular flexibility index (Phi) is 4.95. The Balaban J connectivity index is 1.75. The van der Waals surface area contributed by atoms with Crippen molar-refractivity contribution in [1.29, 1.82) is 0 Å². The Labute approximate surface area is 162 Å². The fourth-order valence-corrected chi connectivity index (χ4v) is 3.55. The van der Waals surface area contributed by atoms with E-state index in [0.717, 1.165) is 11.2 Å². The molecule has 0 saturated carbocycles. The summed E-state index contributed by atoms with van der Waals surface area (Å²) in [5.74, 6) is -0.945. The summed E-state index contributed by atoms with van der Waals surface area (Å²) in [6.07, 6.45) is 1.02. The van der Waals surface area contributed by atoms with Crippen LogP contribution in [0.4, 0.5) is 10.5 Å². The number of sulfonamides is 1. The van der Waals surface area contributed by atoms with E-state index in [1.807, 2.05) is 0 Å². The van der Waals surface area contributed by atoms with Gasteiger partial charge in [-0.2, -0.15) is 0 Å². The van der Waals surface area contributed by atoms with Crippen LogP contribution in [-0.2, 0) is 20.4 Å². The summed E-state index contributed by atoms with van der Waals surface area (Å²) in [7, 11) is -3.42. The van der Waals surface area contributed by atoms with E-state index in [2.05, 4.69) is 10.0 Å². The maximum Gasteiger partial charge on any atom is 0.325 e. The highest BCUT2D eigenvalue weighted by Gasteiger charge is 2.49. The molecule has 0 aliphatic carbocycles. The number of rotatable bonds is 6. The lowest BCUT2D eigenvalue weighted by molar-refractivity contribution is -0.130. The summed E-state index contributed by atoms with van der Waals surface area (Å²) in [6.45, 7) is 1.19. The van der Waals surface area contributed by atoms with Crippen LogP contribution in [-0.4, -0.2) is 43.8 Å². The third-order valence-electron chi connectivity index (χ3n) is 4.44. The van der Waals surface area contributed by atoms with E-state index >= 15 is 0 Å². The first-order valence-electron chi connectivity index (χ1n) is 8.41. The molecular weight excluding hydrogens is 382 g/mol. The topological polar surface area (TPSA) is 113 Å². The van der Waals surface area contributed by atoms with Crippen LogP contribution in [0.1, 0.15) is 22.8 Å². The molecule has 146 valence electrons. The predicted octanol–water partition coefficient (Wildman–Crippen LogP) is 1.71. The molecule has 0 radical (unpaired) electrons. The zero-order valence-electron chi connectivity index (χ0n) is 15.3. The molecule has 0 aromatic heterocycles. The van der Waals surface area contributed by atoms with Crippen molar-refractivity contribution in [2.45, 2.75) is 12.5 Å². The third kappa shape index (κ3) is 3.89. The van der Waals surface area contributed by atoms with Crippen LogP contribution >= 0.6 is 0 Å². The van der Waals surface area contributed by atoms with Crippen LogP contribution in [0.15, 0.2) is 54.6 Å². The number of urea groups is 1. The van der Waals surface area contributed by atoms with Crippen LogP contribution in [0.3, 0.4) is 0 Å². The molecule has 0 unspecified atom stereocenters. The highest BCUT2D eigenvalue weighted by molar-refractivity contribution is 7.92. The normalized spacial score (nSPS) is 19.4. The van der Waals surface area contributed by atoms with Crippen molar-refractivity contribution in [3.63, 3.8) is 0 Å². The molecule has 3 rings (SSSR count). The third-order valence-corrected chi connectivity index (χ3v) is 5.04. The molecule has 1 heterocycles. The fourth-order valence-electron chi connectivity index (χ4n) is 2.98. The van der Waals surface area contributed by atoms with E-state index < -0.39 is 39.8 Å². The molecule has 2 aromatic rings. The molecule has 1 fully saturated rings. The quantitative estimate of drug-likeness (QED) is 0.565. The number of hydrogen-bond donors (Lipinski definition) is 2. The summed E-state index contributed by atoms with van der Waals surface area (Å²) in [5.41, 5.74) is -0.0415. The molecular formula is C19H19N3O5S. The number of Topliss-reactive ketones (excluding diaryl/α,β-unsaturated/α-hetero) is 1. The van der Waals surface area contributed by atoms with Gasteiger partial charge in [0.1, 0.15) is 5.54 Å². The monoisotopic (exact) mass is 401 g/mol. The van der Waals surface area contributed by atoms with E-state index in [4.69, 9.17) is 0 Å². The van der Waals surface area contributed by atoms with Gasteiger partial charge in [-0.3, -0.25) is 19.2 Å². The smallest absolute Gasteiger partial charge is 0.319 e. The number of benzene rings is 2. The second kappa shape index (κ2) is 7.08. The van der Waals surface area contributed by atoms with Crippen LogP contribution in [0, 0.1) is 0 Å². The van der Waals surface area contributed by atoms with E-state index in [1.165, 1.54) is 24.3 Å². The first kappa shape index (κ1) is 19.6. The standard InChI is InChI=1S/C19H19N3O5S/c1-19(14-6-4-3-5-7-14)17(24)22(18(25)20-19)12-16(23)13-8-10-15(11-9-13)21-28(2,26)27/h3-11,21H,12H2,1-2H3,(H,20,25)/t19-/m1/s1. The van der Waals surface area contributed by atoms with E-state index in [0.29, 0.717) is 11.3 Å². The Hall–Kier alpha value is -3.20. The molecule has 3 amide bonds. The van der Waals surface area contributed by atoms with Gasteiger partial charge >= 0.3 is 6.03 Å². The molecule has 8 nitrogen and oxygen atoms in total.